The fourth-order valence-electron chi connectivity index (χ4n) is 0.554. The molecule has 0 unspecified atom stereocenters. The number of hydrogen-bond acceptors (Lipinski definition) is 3. The number of aromatic nitrogens is 2. The van der Waals surface area contributed by atoms with Crippen LogP contribution >= 0.6 is 0 Å². The zero-order chi connectivity index (χ0) is 7.40. The summed E-state index contributed by atoms with van der Waals surface area (Å²) in [5, 5.41) is 8.26. The highest BCUT2D eigenvalue weighted by molar-refractivity contribution is 5.07. The number of nitriles is 1. The Hall–Kier alpha value is -1.43. The van der Waals surface area contributed by atoms with Crippen molar-refractivity contribution >= 4 is 0 Å². The summed E-state index contributed by atoms with van der Waals surface area (Å²) in [7, 11) is 0. The lowest BCUT2D eigenvalue weighted by Gasteiger charge is -1.91. The summed E-state index contributed by atoms with van der Waals surface area (Å²) < 4.78 is 0. The maximum Gasteiger partial charge on any atom is 0.0790 e. The first-order valence-electron chi connectivity index (χ1n) is 2.83. The summed E-state index contributed by atoms with van der Waals surface area (Å²) in [5.74, 6) is 0. The van der Waals surface area contributed by atoms with Crippen LogP contribution in [0.4, 0.5) is 0 Å². The van der Waals surface area contributed by atoms with E-state index in [2.05, 4.69) is 16.9 Å². The lowest BCUT2D eigenvalue weighted by molar-refractivity contribution is 1.04. The van der Waals surface area contributed by atoms with E-state index >= 15 is 0 Å². The zero-order valence-corrected chi connectivity index (χ0v) is 5.41. The molecular weight excluding hydrogens is 126 g/mol. The molecule has 1 heterocycles. The molecule has 0 saturated heterocycles. The van der Waals surface area contributed by atoms with Crippen LogP contribution in [0.5, 0.6) is 0 Å². The molecule has 1 aromatic rings. The Morgan fingerprint density at radius 2 is 2.30 bits per heavy atom. The van der Waals surface area contributed by atoms with Crippen LogP contribution in [0.15, 0.2) is 12.4 Å². The van der Waals surface area contributed by atoms with E-state index in [-0.39, 0.29) is 0 Å². The van der Waals surface area contributed by atoms with Crippen molar-refractivity contribution in [2.24, 2.45) is 0 Å². The summed E-state index contributed by atoms with van der Waals surface area (Å²) in [6.07, 6.45) is 3.42. The molecule has 0 fully saturated rings. The molecule has 3 heteroatoms. The molecule has 0 saturated carbocycles. The van der Waals surface area contributed by atoms with Crippen molar-refractivity contribution < 1.29 is 0 Å². The van der Waals surface area contributed by atoms with Gasteiger partial charge in [-0.15, -0.1) is 0 Å². The van der Waals surface area contributed by atoms with Crippen LogP contribution in [0, 0.1) is 18.3 Å². The van der Waals surface area contributed by atoms with Gasteiger partial charge in [-0.25, -0.2) is 0 Å². The minimum absolute atomic E-state index is 0.313. The highest BCUT2D eigenvalue weighted by atomic mass is 14.8. The maximum atomic E-state index is 8.26. The normalized spacial score (nSPS) is 8.80. The predicted molar refractivity (Wildman–Crippen MR) is 35.8 cm³/mol. The maximum absolute atomic E-state index is 8.26. The Morgan fingerprint density at radius 1 is 1.50 bits per heavy atom. The van der Waals surface area contributed by atoms with Crippen molar-refractivity contribution in [3.63, 3.8) is 0 Å². The van der Waals surface area contributed by atoms with Gasteiger partial charge in [0.2, 0.25) is 0 Å². The zero-order valence-electron chi connectivity index (χ0n) is 5.41. The summed E-state index contributed by atoms with van der Waals surface area (Å²) in [6, 6.07) is 1.98. The molecule has 1 rings (SSSR count). The van der Waals surface area contributed by atoms with Gasteiger partial charge in [0.1, 0.15) is 0 Å². The molecule has 0 atom stereocenters. The van der Waals surface area contributed by atoms with Gasteiger partial charge in [-0.2, -0.15) is 5.26 Å². The average molecular weight is 132 g/mol. The highest BCUT2D eigenvalue weighted by Gasteiger charge is 1.91. The topological polar surface area (TPSA) is 49.6 Å². The van der Waals surface area contributed by atoms with Gasteiger partial charge in [-0.3, -0.25) is 9.97 Å². The smallest absolute Gasteiger partial charge is 0.0790 e. The number of nitrogens with zero attached hydrogens (tertiary/aromatic N) is 3. The third kappa shape index (κ3) is 1.52. The predicted octanol–water partition coefficient (Wildman–Crippen LogP) is 0.725. The van der Waals surface area contributed by atoms with Crippen molar-refractivity contribution in [1.29, 1.82) is 5.26 Å². The van der Waals surface area contributed by atoms with Crippen LogP contribution in [-0.4, -0.2) is 9.97 Å². The minimum Gasteiger partial charge on any atom is -0.258 e. The average Bonchev–Trinajstić information content (AvgIpc) is 1.95. The highest BCUT2D eigenvalue weighted by Crippen LogP contribution is 1.93. The summed E-state index contributed by atoms with van der Waals surface area (Å²) in [5.41, 5.74) is 1.32. The van der Waals surface area contributed by atoms with Gasteiger partial charge in [0.05, 0.1) is 23.9 Å². The first-order chi connectivity index (χ1) is 4.83. The van der Waals surface area contributed by atoms with Crippen LogP contribution in [0.25, 0.3) is 0 Å². The van der Waals surface area contributed by atoms with Crippen molar-refractivity contribution in [2.75, 3.05) is 0 Å². The molecule has 0 aromatic carbocycles. The minimum atomic E-state index is 0.313. The Bertz CT molecular complexity index is 245. The van der Waals surface area contributed by atoms with Crippen LogP contribution in [0.2, 0.25) is 0 Å². The molecule has 3 nitrogen and oxygen atoms in total. The van der Waals surface area contributed by atoms with Gasteiger partial charge in [0.15, 0.2) is 0 Å². The van der Waals surface area contributed by atoms with Gasteiger partial charge in [-0.05, 0) is 6.92 Å². The van der Waals surface area contributed by atoms with Crippen LogP contribution in [0.1, 0.15) is 11.4 Å². The third-order valence-corrected chi connectivity index (χ3v) is 1.02. The van der Waals surface area contributed by atoms with Crippen molar-refractivity contribution in [2.45, 2.75) is 6.42 Å². The SMILES string of the molecule is [CH2]c1cnc(CC#N)cn1. The number of hydrogen-bond donors (Lipinski definition) is 0. The van der Waals surface area contributed by atoms with Gasteiger partial charge >= 0.3 is 0 Å². The molecule has 0 amide bonds. The van der Waals surface area contributed by atoms with E-state index in [9.17, 15) is 0 Å². The van der Waals surface area contributed by atoms with E-state index in [0.29, 0.717) is 17.8 Å². The van der Waals surface area contributed by atoms with Crippen molar-refractivity contribution in [3.8, 4) is 6.07 Å². The Kier molecular flexibility index (Phi) is 1.96. The molecule has 1 aromatic heterocycles. The second kappa shape index (κ2) is 2.92. The van der Waals surface area contributed by atoms with E-state index in [1.165, 1.54) is 0 Å². The monoisotopic (exact) mass is 132 g/mol. The van der Waals surface area contributed by atoms with Crippen LogP contribution < -0.4 is 0 Å². The van der Waals surface area contributed by atoms with E-state index < -0.39 is 0 Å². The Labute approximate surface area is 59.4 Å². The molecule has 0 aliphatic carbocycles. The summed E-state index contributed by atoms with van der Waals surface area (Å²) in [6.45, 7) is 3.57. The van der Waals surface area contributed by atoms with Crippen LogP contribution in [-0.2, 0) is 6.42 Å². The quantitative estimate of drug-likeness (QED) is 0.565. The number of rotatable bonds is 1. The fraction of sp³-hybridized carbons (Fsp3) is 0.143. The van der Waals surface area contributed by atoms with Crippen LogP contribution in [0.3, 0.4) is 0 Å². The Balaban J connectivity index is 2.81. The molecular formula is C7H6N3. The van der Waals surface area contributed by atoms with E-state index in [0.717, 1.165) is 0 Å². The molecule has 49 valence electrons. The molecule has 0 aliphatic rings. The van der Waals surface area contributed by atoms with Gasteiger partial charge < -0.3 is 0 Å². The fourth-order valence-corrected chi connectivity index (χ4v) is 0.554. The molecule has 10 heavy (non-hydrogen) atoms. The molecule has 0 spiro atoms. The molecule has 0 aliphatic heterocycles. The van der Waals surface area contributed by atoms with Gasteiger partial charge in [0.25, 0.3) is 0 Å². The largest absolute Gasteiger partial charge is 0.258 e. The second-order valence-corrected chi connectivity index (χ2v) is 1.83. The molecule has 1 radical (unpaired) electrons. The van der Waals surface area contributed by atoms with E-state index in [1.807, 2.05) is 6.07 Å². The lowest BCUT2D eigenvalue weighted by atomic mass is 10.3. The van der Waals surface area contributed by atoms with Gasteiger partial charge in [0, 0.05) is 12.4 Å². The summed E-state index contributed by atoms with van der Waals surface area (Å²) >= 11 is 0. The first kappa shape index (κ1) is 6.69. The summed E-state index contributed by atoms with van der Waals surface area (Å²) in [4.78, 5) is 7.79. The lowest BCUT2D eigenvalue weighted by Crippen LogP contribution is -1.90. The molecule has 0 N–H and O–H groups in total. The molecule has 0 bridgehead atoms. The van der Waals surface area contributed by atoms with Crippen molar-refractivity contribution in [3.05, 3.63) is 30.7 Å². The van der Waals surface area contributed by atoms with Crippen molar-refractivity contribution in [1.82, 2.24) is 9.97 Å². The Morgan fingerprint density at radius 3 is 2.80 bits per heavy atom. The van der Waals surface area contributed by atoms with E-state index in [4.69, 9.17) is 5.26 Å². The second-order valence-electron chi connectivity index (χ2n) is 1.83. The first-order valence-corrected chi connectivity index (χ1v) is 2.83. The standard InChI is InChI=1S/C7H6N3/c1-6-4-10-7(2-3-8)5-9-6/h4-5H,1-2H2. The van der Waals surface area contributed by atoms with Gasteiger partial charge in [-0.1, -0.05) is 0 Å². The van der Waals surface area contributed by atoms with E-state index in [1.54, 1.807) is 12.4 Å². The third-order valence-electron chi connectivity index (χ3n) is 1.02.